The van der Waals surface area contributed by atoms with Crippen molar-refractivity contribution in [1.82, 2.24) is 10.6 Å². The molecule has 7 heteroatoms. The summed E-state index contributed by atoms with van der Waals surface area (Å²) < 4.78 is 10.9. The number of guanidine groups is 1. The summed E-state index contributed by atoms with van der Waals surface area (Å²) in [6.07, 6.45) is -0.679. The van der Waals surface area contributed by atoms with E-state index in [1.54, 1.807) is 0 Å². The lowest BCUT2D eigenvalue weighted by Crippen LogP contribution is -2.40. The third-order valence-electron chi connectivity index (χ3n) is 3.21. The highest BCUT2D eigenvalue weighted by Crippen LogP contribution is 2.19. The maximum Gasteiger partial charge on any atom is 0.328 e. The average molecular weight is 380 g/mol. The number of nitrogens with one attached hydrogen (secondary N) is 2. The number of esters is 1. The second kappa shape index (κ2) is 10.8. The molecule has 1 unspecified atom stereocenters. The molecule has 7 nitrogen and oxygen atoms in total. The molecular weight excluding hydrogens is 346 g/mol. The van der Waals surface area contributed by atoms with Crippen LogP contribution < -0.4 is 15.4 Å². The smallest absolute Gasteiger partial charge is 0.328 e. The molecule has 1 aromatic carbocycles. The van der Waals surface area contributed by atoms with E-state index in [2.05, 4.69) is 15.6 Å². The Morgan fingerprint density at radius 1 is 1.26 bits per heavy atom. The Labute approximate surface area is 162 Å². The lowest BCUT2D eigenvalue weighted by molar-refractivity contribution is -0.152. The molecule has 0 aliphatic carbocycles. The largest absolute Gasteiger partial charge is 0.491 e. The third kappa shape index (κ3) is 9.84. The molecule has 0 saturated heterocycles. The van der Waals surface area contributed by atoms with Gasteiger partial charge < -0.3 is 25.2 Å². The van der Waals surface area contributed by atoms with Gasteiger partial charge in [-0.15, -0.1) is 0 Å². The first-order valence-electron chi connectivity index (χ1n) is 9.29. The summed E-state index contributed by atoms with van der Waals surface area (Å²) in [5, 5.41) is 16.5. The molecule has 3 N–H and O–H groups in total. The van der Waals surface area contributed by atoms with Gasteiger partial charge in [0.15, 0.2) is 5.96 Å². The SMILES string of the molecule is CCNC(=NCC(=O)OC(C)(C)C)NCC(O)c1cccc(OC(C)C)c1. The highest BCUT2D eigenvalue weighted by Gasteiger charge is 2.16. The number of carbonyl (C=O) groups is 1. The Balaban J connectivity index is 2.65. The monoisotopic (exact) mass is 379 g/mol. The van der Waals surface area contributed by atoms with E-state index < -0.39 is 17.7 Å². The van der Waals surface area contributed by atoms with Crippen molar-refractivity contribution in [2.75, 3.05) is 19.6 Å². The topological polar surface area (TPSA) is 92.2 Å². The van der Waals surface area contributed by atoms with Crippen molar-refractivity contribution < 1.29 is 19.4 Å². The molecule has 1 rings (SSSR count). The fraction of sp³-hybridized carbons (Fsp3) is 0.600. The zero-order chi connectivity index (χ0) is 20.4. The summed E-state index contributed by atoms with van der Waals surface area (Å²) in [6.45, 7) is 12.0. The van der Waals surface area contributed by atoms with Gasteiger partial charge in [-0.2, -0.15) is 0 Å². The Kier molecular flexibility index (Phi) is 9.08. The minimum atomic E-state index is -0.744. The highest BCUT2D eigenvalue weighted by atomic mass is 16.6. The molecule has 0 aliphatic rings. The van der Waals surface area contributed by atoms with Gasteiger partial charge in [0.05, 0.1) is 12.2 Å². The van der Waals surface area contributed by atoms with E-state index in [1.165, 1.54) is 0 Å². The van der Waals surface area contributed by atoms with Crippen LogP contribution in [0.3, 0.4) is 0 Å². The standard InChI is InChI=1S/C20H33N3O4/c1-7-21-19(23-13-18(25)27-20(4,5)6)22-12-17(24)15-9-8-10-16(11-15)26-14(2)3/h8-11,14,17,24H,7,12-13H2,1-6H3,(H2,21,22,23). The maximum atomic E-state index is 11.8. The number of ether oxygens (including phenoxy) is 2. The summed E-state index contributed by atoms with van der Waals surface area (Å²) in [6, 6.07) is 7.36. The van der Waals surface area contributed by atoms with Crippen LogP contribution in [0.5, 0.6) is 5.75 Å². The molecule has 0 heterocycles. The van der Waals surface area contributed by atoms with Crippen LogP contribution in [-0.4, -0.2) is 48.4 Å². The molecule has 0 bridgehead atoms. The van der Waals surface area contributed by atoms with Crippen molar-refractivity contribution in [3.8, 4) is 5.75 Å². The summed E-state index contributed by atoms with van der Waals surface area (Å²) in [7, 11) is 0. The molecule has 27 heavy (non-hydrogen) atoms. The minimum Gasteiger partial charge on any atom is -0.491 e. The van der Waals surface area contributed by atoms with Crippen molar-refractivity contribution >= 4 is 11.9 Å². The first kappa shape index (κ1) is 22.8. The predicted molar refractivity (Wildman–Crippen MR) is 107 cm³/mol. The summed E-state index contributed by atoms with van der Waals surface area (Å²) >= 11 is 0. The van der Waals surface area contributed by atoms with Crippen LogP contribution in [0.15, 0.2) is 29.3 Å². The van der Waals surface area contributed by atoms with Gasteiger partial charge >= 0.3 is 5.97 Å². The third-order valence-corrected chi connectivity index (χ3v) is 3.21. The predicted octanol–water partition coefficient (Wildman–Crippen LogP) is 2.40. The van der Waals surface area contributed by atoms with E-state index in [0.29, 0.717) is 18.3 Å². The number of hydrogen-bond donors (Lipinski definition) is 3. The van der Waals surface area contributed by atoms with E-state index in [9.17, 15) is 9.90 Å². The van der Waals surface area contributed by atoms with Crippen LogP contribution in [-0.2, 0) is 9.53 Å². The fourth-order valence-electron chi connectivity index (χ4n) is 2.24. The van der Waals surface area contributed by atoms with Crippen LogP contribution in [0.25, 0.3) is 0 Å². The average Bonchev–Trinajstić information content (AvgIpc) is 2.55. The fourth-order valence-corrected chi connectivity index (χ4v) is 2.24. The van der Waals surface area contributed by atoms with Gasteiger partial charge in [-0.1, -0.05) is 12.1 Å². The number of benzene rings is 1. The number of aliphatic hydroxyl groups is 1. The molecular formula is C20H33N3O4. The molecule has 1 atom stereocenters. The van der Waals surface area contributed by atoms with E-state index in [-0.39, 0.29) is 19.2 Å². The van der Waals surface area contributed by atoms with E-state index in [4.69, 9.17) is 9.47 Å². The van der Waals surface area contributed by atoms with Gasteiger partial charge in [0.25, 0.3) is 0 Å². The van der Waals surface area contributed by atoms with E-state index in [0.717, 1.165) is 5.56 Å². The normalized spacial score (nSPS) is 13.3. The summed E-state index contributed by atoms with van der Waals surface area (Å²) in [4.78, 5) is 16.0. The minimum absolute atomic E-state index is 0.0656. The molecule has 0 aromatic heterocycles. The van der Waals surface area contributed by atoms with E-state index >= 15 is 0 Å². The van der Waals surface area contributed by atoms with Crippen molar-refractivity contribution in [3.05, 3.63) is 29.8 Å². The van der Waals surface area contributed by atoms with Crippen LogP contribution in [0.1, 0.15) is 53.2 Å². The van der Waals surface area contributed by atoms with Crippen LogP contribution in [0.2, 0.25) is 0 Å². The zero-order valence-electron chi connectivity index (χ0n) is 17.2. The molecule has 0 amide bonds. The highest BCUT2D eigenvalue weighted by molar-refractivity contribution is 5.83. The lowest BCUT2D eigenvalue weighted by Gasteiger charge is -2.19. The Hall–Kier alpha value is -2.28. The maximum absolute atomic E-state index is 11.8. The van der Waals surface area contributed by atoms with Gasteiger partial charge in [0.1, 0.15) is 17.9 Å². The molecule has 0 spiro atoms. The van der Waals surface area contributed by atoms with Crippen LogP contribution in [0.4, 0.5) is 0 Å². The van der Waals surface area contributed by atoms with E-state index in [1.807, 2.05) is 65.8 Å². The molecule has 0 radical (unpaired) electrons. The second-order valence-corrected chi connectivity index (χ2v) is 7.42. The zero-order valence-corrected chi connectivity index (χ0v) is 17.2. The van der Waals surface area contributed by atoms with Gasteiger partial charge in [0, 0.05) is 13.1 Å². The quantitative estimate of drug-likeness (QED) is 0.365. The molecule has 0 fully saturated rings. The number of nitrogens with zero attached hydrogens (tertiary/aromatic N) is 1. The van der Waals surface area contributed by atoms with Crippen LogP contribution >= 0.6 is 0 Å². The summed E-state index contributed by atoms with van der Waals surface area (Å²) in [5.41, 5.74) is 0.195. The van der Waals surface area contributed by atoms with Crippen LogP contribution in [0, 0.1) is 0 Å². The first-order chi connectivity index (χ1) is 12.6. The Morgan fingerprint density at radius 2 is 1.96 bits per heavy atom. The number of rotatable bonds is 8. The van der Waals surface area contributed by atoms with Crippen molar-refractivity contribution in [2.24, 2.45) is 4.99 Å². The van der Waals surface area contributed by atoms with Crippen molar-refractivity contribution in [2.45, 2.75) is 59.4 Å². The van der Waals surface area contributed by atoms with Gasteiger partial charge in [-0.05, 0) is 59.2 Å². The lowest BCUT2D eigenvalue weighted by atomic mass is 10.1. The van der Waals surface area contributed by atoms with Gasteiger partial charge in [-0.25, -0.2) is 4.99 Å². The molecule has 0 saturated carbocycles. The number of aliphatic imine (C=N–C) groups is 1. The molecule has 1 aromatic rings. The van der Waals surface area contributed by atoms with Gasteiger partial charge in [0.2, 0.25) is 0 Å². The summed E-state index contributed by atoms with van der Waals surface area (Å²) in [5.74, 6) is 0.753. The second-order valence-electron chi connectivity index (χ2n) is 7.42. The van der Waals surface area contributed by atoms with Crippen molar-refractivity contribution in [1.29, 1.82) is 0 Å². The van der Waals surface area contributed by atoms with Crippen molar-refractivity contribution in [3.63, 3.8) is 0 Å². The molecule has 0 aliphatic heterocycles. The first-order valence-corrected chi connectivity index (χ1v) is 9.29. The molecule has 152 valence electrons. The Morgan fingerprint density at radius 3 is 2.56 bits per heavy atom. The van der Waals surface area contributed by atoms with Gasteiger partial charge in [-0.3, -0.25) is 4.79 Å². The Bertz CT molecular complexity index is 624. The number of aliphatic hydroxyl groups excluding tert-OH is 1. The number of carbonyl (C=O) groups excluding carboxylic acids is 1. The number of hydrogen-bond acceptors (Lipinski definition) is 5.